The molecular formula is C27H29Cl2F2N3O6. The van der Waals surface area contributed by atoms with E-state index in [1.807, 2.05) is 0 Å². The number of fused-ring (bicyclic) bond motifs is 3. The highest BCUT2D eigenvalue weighted by atomic mass is 35.5. The summed E-state index contributed by atoms with van der Waals surface area (Å²) in [5.41, 5.74) is -1.56. The summed E-state index contributed by atoms with van der Waals surface area (Å²) in [6.45, 7) is -0.739. The number of carbonyl (C=O) groups is 3. The summed E-state index contributed by atoms with van der Waals surface area (Å²) >= 11 is 11.4. The second kappa shape index (κ2) is 12.1. The van der Waals surface area contributed by atoms with Crippen LogP contribution in [0.1, 0.15) is 32.1 Å². The van der Waals surface area contributed by atoms with Gasteiger partial charge in [-0.2, -0.15) is 0 Å². The van der Waals surface area contributed by atoms with E-state index in [0.717, 1.165) is 12.1 Å². The van der Waals surface area contributed by atoms with Gasteiger partial charge in [-0.3, -0.25) is 9.59 Å². The Hall–Kier alpha value is -3.31. The molecule has 0 radical (unpaired) electrons. The Morgan fingerprint density at radius 2 is 1.38 bits per heavy atom. The van der Waals surface area contributed by atoms with Crippen molar-refractivity contribution in [3.63, 3.8) is 0 Å². The van der Waals surface area contributed by atoms with Gasteiger partial charge in [0.25, 0.3) is 11.8 Å². The van der Waals surface area contributed by atoms with E-state index >= 15 is 0 Å². The zero-order chi connectivity index (χ0) is 29.1. The first-order chi connectivity index (χ1) is 18.9. The quantitative estimate of drug-likeness (QED) is 0.440. The zero-order valence-electron chi connectivity index (χ0n) is 21.9. The molecule has 2 bridgehead atoms. The van der Waals surface area contributed by atoms with Crippen LogP contribution in [0.15, 0.2) is 36.4 Å². The molecule has 3 amide bonds. The minimum Gasteiger partial charge on any atom is -0.484 e. The molecule has 5 rings (SSSR count). The van der Waals surface area contributed by atoms with Gasteiger partial charge in [0.1, 0.15) is 29.2 Å². The smallest absolute Gasteiger partial charge is 0.409 e. The second-order valence-electron chi connectivity index (χ2n) is 10.2. The van der Waals surface area contributed by atoms with Crippen molar-refractivity contribution >= 4 is 41.1 Å². The summed E-state index contributed by atoms with van der Waals surface area (Å²) in [5.74, 6) is -1.92. The molecule has 3 aliphatic carbocycles. The van der Waals surface area contributed by atoms with E-state index in [9.17, 15) is 23.2 Å². The fourth-order valence-electron chi connectivity index (χ4n) is 5.09. The lowest BCUT2D eigenvalue weighted by atomic mass is 9.59. The van der Waals surface area contributed by atoms with Crippen LogP contribution in [-0.2, 0) is 14.3 Å². The predicted molar refractivity (Wildman–Crippen MR) is 143 cm³/mol. The highest BCUT2D eigenvalue weighted by molar-refractivity contribution is 6.31. The minimum atomic E-state index is -0.874. The number of nitrogens with one attached hydrogen (secondary N) is 2. The molecule has 216 valence electrons. The summed E-state index contributed by atoms with van der Waals surface area (Å²) in [7, 11) is 3.09. The van der Waals surface area contributed by atoms with E-state index < -0.39 is 46.7 Å². The van der Waals surface area contributed by atoms with Crippen molar-refractivity contribution in [3.05, 3.63) is 58.1 Å². The normalized spacial score (nSPS) is 23.2. The number of benzene rings is 2. The lowest BCUT2D eigenvalue weighted by Gasteiger charge is -2.57. The molecule has 40 heavy (non-hydrogen) atoms. The fourth-order valence-corrected chi connectivity index (χ4v) is 5.33. The molecule has 0 aliphatic heterocycles. The van der Waals surface area contributed by atoms with Crippen LogP contribution in [-0.4, -0.2) is 67.3 Å². The third kappa shape index (κ3) is 6.87. The van der Waals surface area contributed by atoms with Gasteiger partial charge < -0.3 is 29.7 Å². The number of amides is 3. The molecule has 0 spiro atoms. The van der Waals surface area contributed by atoms with E-state index in [-0.39, 0.29) is 41.2 Å². The van der Waals surface area contributed by atoms with Gasteiger partial charge in [-0.1, -0.05) is 23.2 Å². The van der Waals surface area contributed by atoms with Crippen LogP contribution in [0.4, 0.5) is 13.6 Å². The molecule has 3 aliphatic rings. The minimum absolute atomic E-state index is 0.0561. The summed E-state index contributed by atoms with van der Waals surface area (Å²) in [5, 5.41) is 5.86. The molecule has 0 saturated heterocycles. The van der Waals surface area contributed by atoms with Crippen LogP contribution in [0, 0.1) is 11.6 Å². The Morgan fingerprint density at radius 3 is 1.85 bits per heavy atom. The highest BCUT2D eigenvalue weighted by Crippen LogP contribution is 2.48. The molecule has 1 unspecified atom stereocenters. The SMILES string of the molecule is CN(C)C(=O)OC1CC2(NC(=O)COc3ccc(Cl)c(F)c3)CCC1(NC(=O)COc1ccc(Cl)c(F)c1)CC2. The van der Waals surface area contributed by atoms with Crippen molar-refractivity contribution < 1.29 is 37.4 Å². The predicted octanol–water partition coefficient (Wildman–Crippen LogP) is 4.48. The number of halogens is 4. The number of hydrogen-bond donors (Lipinski definition) is 2. The van der Waals surface area contributed by atoms with Gasteiger partial charge in [-0.05, 0) is 49.9 Å². The number of rotatable bonds is 9. The maximum atomic E-state index is 13.7. The number of ether oxygens (including phenoxy) is 3. The molecule has 0 aromatic heterocycles. The van der Waals surface area contributed by atoms with Crippen LogP contribution < -0.4 is 20.1 Å². The number of hydrogen-bond acceptors (Lipinski definition) is 6. The van der Waals surface area contributed by atoms with Crippen molar-refractivity contribution in [3.8, 4) is 11.5 Å². The monoisotopic (exact) mass is 599 g/mol. The van der Waals surface area contributed by atoms with Gasteiger partial charge in [0.2, 0.25) is 0 Å². The van der Waals surface area contributed by atoms with Crippen molar-refractivity contribution in [2.75, 3.05) is 27.3 Å². The van der Waals surface area contributed by atoms with Crippen molar-refractivity contribution in [1.82, 2.24) is 15.5 Å². The molecule has 2 aromatic rings. The van der Waals surface area contributed by atoms with Gasteiger partial charge in [0, 0.05) is 38.2 Å². The summed E-state index contributed by atoms with van der Waals surface area (Å²) in [6, 6.07) is 7.75. The molecule has 1 atom stereocenters. The Kier molecular flexibility index (Phi) is 8.94. The van der Waals surface area contributed by atoms with Gasteiger partial charge in [-0.25, -0.2) is 13.6 Å². The first-order valence-electron chi connectivity index (χ1n) is 12.6. The van der Waals surface area contributed by atoms with Crippen LogP contribution >= 0.6 is 23.2 Å². The Morgan fingerprint density at radius 1 is 0.875 bits per heavy atom. The molecular weight excluding hydrogens is 571 g/mol. The van der Waals surface area contributed by atoms with Crippen LogP contribution in [0.3, 0.4) is 0 Å². The summed E-state index contributed by atoms with van der Waals surface area (Å²) in [4.78, 5) is 39.4. The van der Waals surface area contributed by atoms with Crippen molar-refractivity contribution in [1.29, 1.82) is 0 Å². The third-order valence-corrected chi connectivity index (χ3v) is 7.83. The van der Waals surface area contributed by atoms with Gasteiger partial charge in [0.05, 0.1) is 15.6 Å². The Bertz CT molecular complexity index is 1290. The van der Waals surface area contributed by atoms with Gasteiger partial charge in [0.15, 0.2) is 13.2 Å². The molecule has 2 N–H and O–H groups in total. The lowest BCUT2D eigenvalue weighted by molar-refractivity contribution is -0.137. The Balaban J connectivity index is 1.40. The van der Waals surface area contributed by atoms with Crippen LogP contribution in [0.25, 0.3) is 0 Å². The molecule has 0 heterocycles. The van der Waals surface area contributed by atoms with Gasteiger partial charge in [-0.15, -0.1) is 0 Å². The topological polar surface area (TPSA) is 106 Å². The van der Waals surface area contributed by atoms with E-state index in [1.165, 1.54) is 29.2 Å². The van der Waals surface area contributed by atoms with Crippen LogP contribution in [0.5, 0.6) is 11.5 Å². The Labute approximate surface area is 240 Å². The maximum Gasteiger partial charge on any atom is 0.409 e. The number of carbonyl (C=O) groups excluding carboxylic acids is 3. The fraction of sp³-hybridized carbons (Fsp3) is 0.444. The largest absolute Gasteiger partial charge is 0.484 e. The highest BCUT2D eigenvalue weighted by Gasteiger charge is 2.57. The standard InChI is InChI=1S/C27H29Cl2F2N3O6/c1-34(2)25(37)40-22-13-26(32-23(35)14-38-16-3-5-18(28)20(30)11-16)7-9-27(22,10-8-26)33-24(36)15-39-17-4-6-19(29)21(31)12-17/h3-6,11-12,22H,7-10,13-15H2,1-2H3,(H,32,35)(H,33,36). The number of nitrogens with zero attached hydrogens (tertiary/aromatic N) is 1. The average molecular weight is 600 g/mol. The molecule has 3 fully saturated rings. The molecule has 13 heteroatoms. The van der Waals surface area contributed by atoms with E-state index in [0.29, 0.717) is 25.7 Å². The molecule has 9 nitrogen and oxygen atoms in total. The van der Waals surface area contributed by atoms with Gasteiger partial charge >= 0.3 is 6.09 Å². The van der Waals surface area contributed by atoms with Crippen molar-refractivity contribution in [2.24, 2.45) is 0 Å². The first-order valence-corrected chi connectivity index (χ1v) is 13.3. The first kappa shape index (κ1) is 29.7. The second-order valence-corrected chi connectivity index (χ2v) is 11.0. The van der Waals surface area contributed by atoms with Crippen molar-refractivity contribution in [2.45, 2.75) is 49.3 Å². The lowest BCUT2D eigenvalue weighted by Crippen LogP contribution is -2.71. The van der Waals surface area contributed by atoms with Crippen LogP contribution in [0.2, 0.25) is 10.0 Å². The zero-order valence-corrected chi connectivity index (χ0v) is 23.4. The van der Waals surface area contributed by atoms with E-state index in [2.05, 4.69) is 10.6 Å². The summed E-state index contributed by atoms with van der Waals surface area (Å²) in [6.07, 6.45) is 0.785. The van der Waals surface area contributed by atoms with E-state index in [1.54, 1.807) is 14.1 Å². The van der Waals surface area contributed by atoms with E-state index in [4.69, 9.17) is 37.4 Å². The summed E-state index contributed by atoms with van der Waals surface area (Å²) < 4.78 is 44.0. The molecule has 3 saturated carbocycles. The third-order valence-electron chi connectivity index (χ3n) is 7.21. The molecule has 2 aromatic carbocycles. The average Bonchev–Trinajstić information content (AvgIpc) is 2.91. The maximum absolute atomic E-state index is 13.7.